The van der Waals surface area contributed by atoms with E-state index < -0.39 is 0 Å². The first-order chi connectivity index (χ1) is 13.5. The molecule has 5 heteroatoms. The van der Waals surface area contributed by atoms with Crippen molar-refractivity contribution < 1.29 is 19.4 Å². The molecule has 0 saturated carbocycles. The van der Waals surface area contributed by atoms with Crippen LogP contribution in [-0.2, 0) is 6.54 Å². The van der Waals surface area contributed by atoms with Crippen molar-refractivity contribution >= 4 is 5.78 Å². The van der Waals surface area contributed by atoms with E-state index in [0.29, 0.717) is 18.7 Å². The summed E-state index contributed by atoms with van der Waals surface area (Å²) >= 11 is 0. The van der Waals surface area contributed by atoms with E-state index in [9.17, 15) is 9.90 Å². The number of piperidine rings is 1. The minimum atomic E-state index is -0.0456. The van der Waals surface area contributed by atoms with E-state index in [1.54, 1.807) is 19.2 Å². The summed E-state index contributed by atoms with van der Waals surface area (Å²) in [6, 6.07) is 12.7. The second-order valence-corrected chi connectivity index (χ2v) is 7.63. The van der Waals surface area contributed by atoms with Crippen molar-refractivity contribution in [2.24, 2.45) is 5.92 Å². The number of nitrogens with zero attached hydrogens (tertiary/aromatic N) is 1. The minimum absolute atomic E-state index is 0.0456. The number of methoxy groups -OCH3 is 1. The first-order valence-electron chi connectivity index (χ1n) is 9.85. The lowest BCUT2D eigenvalue weighted by molar-refractivity contribution is 0.0810. The zero-order chi connectivity index (χ0) is 20.1. The molecule has 1 aliphatic rings. The van der Waals surface area contributed by atoms with E-state index in [0.717, 1.165) is 36.4 Å². The number of aromatic hydroxyl groups is 1. The molecule has 0 amide bonds. The third-order valence-electron chi connectivity index (χ3n) is 5.05. The van der Waals surface area contributed by atoms with Crippen LogP contribution in [0, 0.1) is 5.92 Å². The molecule has 0 bridgehead atoms. The summed E-state index contributed by atoms with van der Waals surface area (Å²) in [4.78, 5) is 15.3. The fourth-order valence-electron chi connectivity index (χ4n) is 3.70. The van der Waals surface area contributed by atoms with E-state index in [4.69, 9.17) is 9.47 Å². The largest absolute Gasteiger partial charge is 0.508 e. The number of phenolic OH excluding ortho intramolecular Hbond substituents is 1. The predicted octanol–water partition coefficient (Wildman–Crippen LogP) is 4.28. The van der Waals surface area contributed by atoms with Crippen molar-refractivity contribution in [2.75, 3.05) is 20.2 Å². The summed E-state index contributed by atoms with van der Waals surface area (Å²) in [5, 5.41) is 10.2. The Bertz CT molecular complexity index is 818. The number of carbonyl (C=O) groups excluding carboxylic acids is 1. The average molecular weight is 383 g/mol. The molecule has 150 valence electrons. The maximum Gasteiger partial charge on any atom is 0.167 e. The predicted molar refractivity (Wildman–Crippen MR) is 109 cm³/mol. The van der Waals surface area contributed by atoms with Crippen molar-refractivity contribution in [2.45, 2.75) is 39.3 Å². The van der Waals surface area contributed by atoms with Crippen molar-refractivity contribution in [3.63, 3.8) is 0 Å². The molecule has 0 aromatic heterocycles. The van der Waals surface area contributed by atoms with Gasteiger partial charge >= 0.3 is 0 Å². The number of ketones is 1. The Labute approximate surface area is 166 Å². The monoisotopic (exact) mass is 383 g/mol. The van der Waals surface area contributed by atoms with Crippen LogP contribution >= 0.6 is 0 Å². The highest BCUT2D eigenvalue weighted by Crippen LogP contribution is 2.28. The number of carbonyl (C=O) groups is 1. The maximum atomic E-state index is 13.1. The van der Waals surface area contributed by atoms with Crippen LogP contribution in [0.4, 0.5) is 0 Å². The molecule has 5 nitrogen and oxygen atoms in total. The van der Waals surface area contributed by atoms with E-state index in [1.807, 2.05) is 44.2 Å². The van der Waals surface area contributed by atoms with Crippen LogP contribution in [0.25, 0.3) is 0 Å². The molecule has 28 heavy (non-hydrogen) atoms. The van der Waals surface area contributed by atoms with E-state index in [-0.39, 0.29) is 23.6 Å². The Balaban J connectivity index is 1.68. The third kappa shape index (κ3) is 5.04. The molecule has 0 radical (unpaired) electrons. The zero-order valence-electron chi connectivity index (χ0n) is 16.9. The fourth-order valence-corrected chi connectivity index (χ4v) is 3.70. The third-order valence-corrected chi connectivity index (χ3v) is 5.05. The van der Waals surface area contributed by atoms with Crippen molar-refractivity contribution in [1.82, 2.24) is 4.90 Å². The fraction of sp³-hybridized carbons (Fsp3) is 0.435. The van der Waals surface area contributed by atoms with Gasteiger partial charge in [0.15, 0.2) is 5.78 Å². The highest BCUT2D eigenvalue weighted by Gasteiger charge is 2.27. The lowest BCUT2D eigenvalue weighted by Gasteiger charge is -2.32. The van der Waals surface area contributed by atoms with Gasteiger partial charge < -0.3 is 14.6 Å². The molecule has 0 spiro atoms. The first kappa shape index (κ1) is 20.2. The number of Topliss-reactive ketones (excluding diaryl/α,β-unsaturated/α-hetero) is 1. The molecule has 2 aromatic carbocycles. The lowest BCUT2D eigenvalue weighted by Crippen LogP contribution is -2.38. The Morgan fingerprint density at radius 2 is 2.04 bits per heavy atom. The average Bonchev–Trinajstić information content (AvgIpc) is 2.69. The number of phenols is 1. The SMILES string of the molecule is COc1ccc(O)c(CN2CCC[C@H](C(=O)c3cccc(OC(C)C)c3)C2)c1. The molecular formula is C23H29NO4. The molecule has 1 N–H and O–H groups in total. The van der Waals surface area contributed by atoms with Gasteiger partial charge in [0.2, 0.25) is 0 Å². The van der Waals surface area contributed by atoms with Gasteiger partial charge in [-0.3, -0.25) is 9.69 Å². The Morgan fingerprint density at radius 3 is 2.79 bits per heavy atom. The summed E-state index contributed by atoms with van der Waals surface area (Å²) in [6.07, 6.45) is 1.92. The Hall–Kier alpha value is -2.53. The standard InChI is InChI=1S/C23H29NO4/c1-16(2)28-21-8-4-6-17(12-21)23(26)18-7-5-11-24(14-18)15-19-13-20(27-3)9-10-22(19)25/h4,6,8-10,12-13,16,18,25H,5,7,11,14-15H2,1-3H3/t18-/m0/s1. The Morgan fingerprint density at radius 1 is 1.21 bits per heavy atom. The molecule has 0 unspecified atom stereocenters. The Kier molecular flexibility index (Phi) is 6.57. The van der Waals surface area contributed by atoms with Crippen molar-refractivity contribution in [1.29, 1.82) is 0 Å². The summed E-state index contributed by atoms with van der Waals surface area (Å²) in [6.45, 7) is 6.15. The van der Waals surface area contributed by atoms with Gasteiger partial charge in [0.25, 0.3) is 0 Å². The number of ether oxygens (including phenoxy) is 2. The van der Waals surface area contributed by atoms with Gasteiger partial charge in [0.1, 0.15) is 17.2 Å². The number of rotatable bonds is 7. The molecule has 2 aromatic rings. The van der Waals surface area contributed by atoms with Crippen LogP contribution in [-0.4, -0.2) is 42.1 Å². The van der Waals surface area contributed by atoms with Gasteiger partial charge in [-0.25, -0.2) is 0 Å². The van der Waals surface area contributed by atoms with E-state index >= 15 is 0 Å². The quantitative estimate of drug-likeness (QED) is 0.723. The maximum absolute atomic E-state index is 13.1. The number of hydrogen-bond donors (Lipinski definition) is 1. The smallest absolute Gasteiger partial charge is 0.167 e. The van der Waals surface area contributed by atoms with Crippen LogP contribution in [0.5, 0.6) is 17.2 Å². The molecule has 1 atom stereocenters. The molecule has 1 aliphatic heterocycles. The molecule has 0 aliphatic carbocycles. The number of benzene rings is 2. The summed E-state index contributed by atoms with van der Waals surface area (Å²) < 4.78 is 11.0. The second kappa shape index (κ2) is 9.11. The second-order valence-electron chi connectivity index (χ2n) is 7.63. The van der Waals surface area contributed by atoms with Crippen molar-refractivity contribution in [3.8, 4) is 17.2 Å². The van der Waals surface area contributed by atoms with Crippen LogP contribution in [0.2, 0.25) is 0 Å². The number of likely N-dealkylation sites (tertiary alicyclic amines) is 1. The number of hydrogen-bond acceptors (Lipinski definition) is 5. The van der Waals surface area contributed by atoms with Gasteiger partial charge in [-0.05, 0) is 63.6 Å². The van der Waals surface area contributed by atoms with Gasteiger partial charge in [-0.2, -0.15) is 0 Å². The molecule has 1 heterocycles. The molecule has 1 saturated heterocycles. The highest BCUT2D eigenvalue weighted by molar-refractivity contribution is 5.98. The van der Waals surface area contributed by atoms with Gasteiger partial charge in [0.05, 0.1) is 13.2 Å². The summed E-state index contributed by atoms with van der Waals surface area (Å²) in [5.41, 5.74) is 1.52. The van der Waals surface area contributed by atoms with Crippen LogP contribution in [0.15, 0.2) is 42.5 Å². The zero-order valence-corrected chi connectivity index (χ0v) is 16.9. The van der Waals surface area contributed by atoms with Crippen LogP contribution < -0.4 is 9.47 Å². The lowest BCUT2D eigenvalue weighted by atomic mass is 9.89. The first-order valence-corrected chi connectivity index (χ1v) is 9.85. The summed E-state index contributed by atoms with van der Waals surface area (Å²) in [5.74, 6) is 1.83. The van der Waals surface area contributed by atoms with Crippen LogP contribution in [0.3, 0.4) is 0 Å². The van der Waals surface area contributed by atoms with Crippen LogP contribution in [0.1, 0.15) is 42.6 Å². The normalized spacial score (nSPS) is 17.5. The van der Waals surface area contributed by atoms with Crippen molar-refractivity contribution in [3.05, 3.63) is 53.6 Å². The highest BCUT2D eigenvalue weighted by atomic mass is 16.5. The topological polar surface area (TPSA) is 59.0 Å². The van der Waals surface area contributed by atoms with Gasteiger partial charge in [0, 0.05) is 30.1 Å². The minimum Gasteiger partial charge on any atom is -0.508 e. The molecule has 1 fully saturated rings. The molecule has 3 rings (SSSR count). The van der Waals surface area contributed by atoms with Gasteiger partial charge in [-0.15, -0.1) is 0 Å². The molecular weight excluding hydrogens is 354 g/mol. The van der Waals surface area contributed by atoms with Gasteiger partial charge in [-0.1, -0.05) is 12.1 Å². The van der Waals surface area contributed by atoms with E-state index in [2.05, 4.69) is 4.90 Å². The van der Waals surface area contributed by atoms with E-state index in [1.165, 1.54) is 0 Å². The summed E-state index contributed by atoms with van der Waals surface area (Å²) in [7, 11) is 1.61.